The summed E-state index contributed by atoms with van der Waals surface area (Å²) >= 11 is 0. The molecule has 5 heterocycles. The zero-order valence-corrected chi connectivity index (χ0v) is 17.1. The van der Waals surface area contributed by atoms with E-state index in [1.54, 1.807) is 18.6 Å². The third kappa shape index (κ3) is 4.22. The summed E-state index contributed by atoms with van der Waals surface area (Å²) < 4.78 is 35.9. The van der Waals surface area contributed by atoms with E-state index in [4.69, 9.17) is 9.72 Å². The number of pyridine rings is 1. The topological polar surface area (TPSA) is 89.8 Å². The Labute approximate surface area is 178 Å². The fraction of sp³-hybridized carbons (Fsp3) is 0.524. The SMILES string of the molecule is FC1(F)CCNCC1CNc1nc(-c2cnn(C3CCOCC3)c2)cc2nccnc12. The van der Waals surface area contributed by atoms with Crippen molar-refractivity contribution in [1.82, 2.24) is 30.0 Å². The molecule has 0 radical (unpaired) electrons. The maximum Gasteiger partial charge on any atom is 0.255 e. The van der Waals surface area contributed by atoms with Crippen molar-refractivity contribution >= 4 is 16.9 Å². The van der Waals surface area contributed by atoms with Gasteiger partial charge in [0.1, 0.15) is 5.52 Å². The van der Waals surface area contributed by atoms with E-state index in [9.17, 15) is 8.78 Å². The van der Waals surface area contributed by atoms with Crippen LogP contribution >= 0.6 is 0 Å². The number of ether oxygens (including phenoxy) is 1. The second kappa shape index (κ2) is 8.43. The minimum absolute atomic E-state index is 0.101. The molecule has 2 aliphatic rings. The Morgan fingerprint density at radius 3 is 2.90 bits per heavy atom. The molecule has 1 atom stereocenters. The van der Waals surface area contributed by atoms with Gasteiger partial charge in [-0.15, -0.1) is 0 Å². The number of halogens is 2. The number of anilines is 1. The van der Waals surface area contributed by atoms with Gasteiger partial charge < -0.3 is 15.4 Å². The average molecular weight is 429 g/mol. The first kappa shape index (κ1) is 20.2. The zero-order valence-electron chi connectivity index (χ0n) is 17.1. The predicted molar refractivity (Wildman–Crippen MR) is 112 cm³/mol. The molecule has 0 aliphatic carbocycles. The first-order valence-electron chi connectivity index (χ1n) is 10.7. The summed E-state index contributed by atoms with van der Waals surface area (Å²) in [5, 5.41) is 10.7. The average Bonchev–Trinajstić information content (AvgIpc) is 3.29. The Morgan fingerprint density at radius 2 is 2.06 bits per heavy atom. The van der Waals surface area contributed by atoms with Gasteiger partial charge in [-0.1, -0.05) is 0 Å². The van der Waals surface area contributed by atoms with E-state index in [-0.39, 0.29) is 19.5 Å². The van der Waals surface area contributed by atoms with E-state index in [1.165, 1.54) is 0 Å². The van der Waals surface area contributed by atoms with Crippen LogP contribution in [-0.4, -0.2) is 63.5 Å². The molecule has 2 fully saturated rings. The first-order chi connectivity index (χ1) is 15.1. The largest absolute Gasteiger partial charge is 0.381 e. The van der Waals surface area contributed by atoms with Gasteiger partial charge in [-0.2, -0.15) is 5.10 Å². The molecule has 0 spiro atoms. The van der Waals surface area contributed by atoms with Crippen molar-refractivity contribution in [3.63, 3.8) is 0 Å². The monoisotopic (exact) mass is 429 g/mol. The van der Waals surface area contributed by atoms with E-state index in [0.29, 0.717) is 35.1 Å². The van der Waals surface area contributed by atoms with Gasteiger partial charge in [-0.3, -0.25) is 9.67 Å². The van der Waals surface area contributed by atoms with Gasteiger partial charge in [0.2, 0.25) is 0 Å². The van der Waals surface area contributed by atoms with E-state index < -0.39 is 11.8 Å². The highest BCUT2D eigenvalue weighted by atomic mass is 19.3. The van der Waals surface area contributed by atoms with Crippen molar-refractivity contribution in [1.29, 1.82) is 0 Å². The summed E-state index contributed by atoms with van der Waals surface area (Å²) in [7, 11) is 0. The molecule has 3 aromatic heterocycles. The number of nitrogens with zero attached hydrogens (tertiary/aromatic N) is 5. The first-order valence-corrected chi connectivity index (χ1v) is 10.7. The molecule has 1 unspecified atom stereocenters. The number of hydrogen-bond donors (Lipinski definition) is 2. The third-order valence-corrected chi connectivity index (χ3v) is 6.06. The molecular formula is C21H25F2N7O. The minimum atomic E-state index is -2.71. The van der Waals surface area contributed by atoms with Gasteiger partial charge in [-0.25, -0.2) is 18.7 Å². The molecule has 31 heavy (non-hydrogen) atoms. The van der Waals surface area contributed by atoms with Crippen LogP contribution < -0.4 is 10.6 Å². The fourth-order valence-electron chi connectivity index (χ4n) is 4.19. The molecule has 10 heteroatoms. The predicted octanol–water partition coefficient (Wildman–Crippen LogP) is 2.90. The van der Waals surface area contributed by atoms with Gasteiger partial charge in [0.25, 0.3) is 5.92 Å². The highest BCUT2D eigenvalue weighted by Gasteiger charge is 2.41. The minimum Gasteiger partial charge on any atom is -0.381 e. The Morgan fingerprint density at radius 1 is 1.23 bits per heavy atom. The van der Waals surface area contributed by atoms with Crippen LogP contribution in [0.25, 0.3) is 22.3 Å². The molecular weight excluding hydrogens is 404 g/mol. The van der Waals surface area contributed by atoms with Gasteiger partial charge in [-0.05, 0) is 18.9 Å². The molecule has 164 valence electrons. The van der Waals surface area contributed by atoms with Crippen molar-refractivity contribution in [2.75, 3.05) is 38.2 Å². The van der Waals surface area contributed by atoms with E-state index in [2.05, 4.69) is 25.7 Å². The summed E-state index contributed by atoms with van der Waals surface area (Å²) in [5.74, 6) is -3.06. The lowest BCUT2D eigenvalue weighted by Gasteiger charge is -2.32. The standard InChI is InChI=1S/C21H25F2N7O/c22-21(23)3-4-24-11-15(21)12-27-20-19-18(25-5-6-26-19)9-17(29-20)14-10-28-30(13-14)16-1-7-31-8-2-16/h5-6,9-10,13,15-16,24H,1-4,7-8,11-12H2,(H,27,29). The highest BCUT2D eigenvalue weighted by Crippen LogP contribution is 2.32. The molecule has 5 rings (SSSR count). The fourth-order valence-corrected chi connectivity index (χ4v) is 4.19. The van der Waals surface area contributed by atoms with Crippen molar-refractivity contribution in [3.05, 3.63) is 30.9 Å². The van der Waals surface area contributed by atoms with Crippen LogP contribution in [0, 0.1) is 5.92 Å². The van der Waals surface area contributed by atoms with Crippen molar-refractivity contribution in [3.8, 4) is 11.3 Å². The summed E-state index contributed by atoms with van der Waals surface area (Å²) in [6.45, 7) is 2.17. The van der Waals surface area contributed by atoms with Crippen LogP contribution in [0.15, 0.2) is 30.9 Å². The molecule has 0 bridgehead atoms. The smallest absolute Gasteiger partial charge is 0.255 e. The molecule has 0 aromatic carbocycles. The zero-order chi connectivity index (χ0) is 21.3. The Bertz CT molecular complexity index is 1050. The number of nitrogens with one attached hydrogen (secondary N) is 2. The van der Waals surface area contributed by atoms with Gasteiger partial charge in [0.15, 0.2) is 5.82 Å². The highest BCUT2D eigenvalue weighted by molar-refractivity contribution is 5.88. The van der Waals surface area contributed by atoms with E-state index in [0.717, 1.165) is 31.6 Å². The molecule has 2 N–H and O–H groups in total. The Balaban J connectivity index is 1.43. The number of fused-ring (bicyclic) bond motifs is 1. The molecule has 0 amide bonds. The molecule has 2 saturated heterocycles. The number of aromatic nitrogens is 5. The molecule has 8 nitrogen and oxygen atoms in total. The maximum absolute atomic E-state index is 14.3. The summed E-state index contributed by atoms with van der Waals surface area (Å²) in [4.78, 5) is 13.5. The lowest BCUT2D eigenvalue weighted by atomic mass is 9.95. The normalized spacial score (nSPS) is 21.9. The Kier molecular flexibility index (Phi) is 5.49. The maximum atomic E-state index is 14.3. The van der Waals surface area contributed by atoms with Crippen LogP contribution in [0.2, 0.25) is 0 Å². The van der Waals surface area contributed by atoms with Crippen molar-refractivity contribution in [2.45, 2.75) is 31.2 Å². The van der Waals surface area contributed by atoms with E-state index >= 15 is 0 Å². The molecule has 2 aliphatic heterocycles. The molecule has 0 saturated carbocycles. The summed E-state index contributed by atoms with van der Waals surface area (Å²) in [5.41, 5.74) is 2.76. The number of alkyl halides is 2. The van der Waals surface area contributed by atoms with Crippen LogP contribution in [0.3, 0.4) is 0 Å². The lowest BCUT2D eigenvalue weighted by molar-refractivity contribution is -0.0728. The second-order valence-corrected chi connectivity index (χ2v) is 8.13. The van der Waals surface area contributed by atoms with Crippen molar-refractivity contribution < 1.29 is 13.5 Å². The third-order valence-electron chi connectivity index (χ3n) is 6.06. The van der Waals surface area contributed by atoms with Crippen molar-refractivity contribution in [2.24, 2.45) is 5.92 Å². The number of piperidine rings is 1. The van der Waals surface area contributed by atoms with Crippen LogP contribution in [0.5, 0.6) is 0 Å². The summed E-state index contributed by atoms with van der Waals surface area (Å²) in [6, 6.07) is 2.16. The number of hydrogen-bond acceptors (Lipinski definition) is 7. The molecule has 3 aromatic rings. The lowest BCUT2D eigenvalue weighted by Crippen LogP contribution is -2.47. The van der Waals surface area contributed by atoms with Gasteiger partial charge in [0, 0.05) is 63.4 Å². The van der Waals surface area contributed by atoms with Crippen LogP contribution in [0.1, 0.15) is 25.3 Å². The van der Waals surface area contributed by atoms with Crippen LogP contribution in [-0.2, 0) is 4.74 Å². The Hall–Kier alpha value is -2.72. The summed E-state index contributed by atoms with van der Waals surface area (Å²) in [6.07, 6.45) is 8.64. The second-order valence-electron chi connectivity index (χ2n) is 8.13. The van der Waals surface area contributed by atoms with Gasteiger partial charge >= 0.3 is 0 Å². The van der Waals surface area contributed by atoms with E-state index in [1.807, 2.05) is 16.9 Å². The van der Waals surface area contributed by atoms with Gasteiger partial charge in [0.05, 0.1) is 29.4 Å². The number of rotatable bonds is 5. The quantitative estimate of drug-likeness (QED) is 0.645. The van der Waals surface area contributed by atoms with Crippen LogP contribution in [0.4, 0.5) is 14.6 Å².